The first-order chi connectivity index (χ1) is 12.1. The van der Waals surface area contributed by atoms with Crippen molar-refractivity contribution in [2.24, 2.45) is 0 Å². The summed E-state index contributed by atoms with van der Waals surface area (Å²) in [5.74, 6) is 0. The van der Waals surface area contributed by atoms with Crippen molar-refractivity contribution >= 4 is 21.5 Å². The summed E-state index contributed by atoms with van der Waals surface area (Å²) in [4.78, 5) is 5.05. The fraction of sp³-hybridized carbons (Fsp3) is 0.765. The Kier molecular flexibility index (Phi) is 5.45. The topological polar surface area (TPSA) is 53.1 Å². The Labute approximate surface area is 154 Å². The highest BCUT2D eigenvalue weighted by molar-refractivity contribution is 7.86. The van der Waals surface area contributed by atoms with Crippen LogP contribution in [0.5, 0.6) is 0 Å². The summed E-state index contributed by atoms with van der Waals surface area (Å²) in [5.41, 5.74) is 0. The Morgan fingerprint density at radius 2 is 1.72 bits per heavy atom. The SMILES string of the molecule is O=S(=O)(N1CCCC1)N1CCN(Cc2ccc([C@@H]3CCCO3)s2)CC1. The predicted molar refractivity (Wildman–Crippen MR) is 98.8 cm³/mol. The zero-order chi connectivity index (χ0) is 17.3. The molecule has 6 nitrogen and oxygen atoms in total. The molecular formula is C17H27N3O3S2. The molecule has 4 rings (SSSR count). The van der Waals surface area contributed by atoms with E-state index in [1.165, 1.54) is 9.75 Å². The van der Waals surface area contributed by atoms with Crippen LogP contribution >= 0.6 is 11.3 Å². The summed E-state index contributed by atoms with van der Waals surface area (Å²) in [7, 11) is -3.24. The Hall–Kier alpha value is -0.510. The van der Waals surface area contributed by atoms with E-state index in [4.69, 9.17) is 4.74 Å². The van der Waals surface area contributed by atoms with Crippen LogP contribution in [0.2, 0.25) is 0 Å². The van der Waals surface area contributed by atoms with Crippen molar-refractivity contribution in [1.82, 2.24) is 13.5 Å². The molecule has 0 bridgehead atoms. The van der Waals surface area contributed by atoms with Crippen molar-refractivity contribution in [1.29, 1.82) is 0 Å². The largest absolute Gasteiger partial charge is 0.373 e. The second kappa shape index (κ2) is 7.62. The van der Waals surface area contributed by atoms with Gasteiger partial charge in [0.05, 0.1) is 6.10 Å². The maximum absolute atomic E-state index is 12.6. The van der Waals surface area contributed by atoms with Crippen LogP contribution in [0.4, 0.5) is 0 Å². The molecule has 0 radical (unpaired) electrons. The number of hydrogen-bond acceptors (Lipinski definition) is 5. The molecule has 140 valence electrons. The number of hydrogen-bond donors (Lipinski definition) is 0. The van der Waals surface area contributed by atoms with Gasteiger partial charge in [-0.25, -0.2) is 0 Å². The van der Waals surface area contributed by atoms with Crippen molar-refractivity contribution in [3.8, 4) is 0 Å². The molecule has 0 saturated carbocycles. The van der Waals surface area contributed by atoms with Gasteiger partial charge < -0.3 is 4.74 Å². The van der Waals surface area contributed by atoms with E-state index in [0.29, 0.717) is 32.3 Å². The van der Waals surface area contributed by atoms with Gasteiger partial charge in [0.15, 0.2) is 0 Å². The normalized spacial score (nSPS) is 27.3. The molecule has 0 aliphatic carbocycles. The second-order valence-corrected chi connectivity index (χ2v) is 10.2. The molecular weight excluding hydrogens is 358 g/mol. The van der Waals surface area contributed by atoms with Crippen molar-refractivity contribution in [2.75, 3.05) is 45.9 Å². The fourth-order valence-electron chi connectivity index (χ4n) is 3.88. The Morgan fingerprint density at radius 3 is 2.40 bits per heavy atom. The first kappa shape index (κ1) is 17.9. The third-order valence-corrected chi connectivity index (χ3v) is 8.56. The summed E-state index contributed by atoms with van der Waals surface area (Å²) in [6.07, 6.45) is 4.56. The van der Waals surface area contributed by atoms with Gasteiger partial charge >= 0.3 is 0 Å². The van der Waals surface area contributed by atoms with E-state index in [1.807, 2.05) is 11.3 Å². The second-order valence-electron chi connectivity index (χ2n) is 7.09. The molecule has 3 aliphatic heterocycles. The molecule has 1 atom stereocenters. The molecule has 1 aromatic heterocycles. The predicted octanol–water partition coefficient (Wildman–Crippen LogP) is 2.06. The van der Waals surface area contributed by atoms with Gasteiger partial charge in [0.1, 0.15) is 0 Å². The van der Waals surface area contributed by atoms with Gasteiger partial charge in [0.25, 0.3) is 10.2 Å². The highest BCUT2D eigenvalue weighted by atomic mass is 32.2. The van der Waals surface area contributed by atoms with Crippen LogP contribution in [0.3, 0.4) is 0 Å². The highest BCUT2D eigenvalue weighted by Gasteiger charge is 2.33. The zero-order valence-corrected chi connectivity index (χ0v) is 16.2. The van der Waals surface area contributed by atoms with Gasteiger partial charge in [-0.15, -0.1) is 11.3 Å². The Bertz CT molecular complexity index is 671. The summed E-state index contributed by atoms with van der Waals surface area (Å²) < 4.78 is 34.3. The number of ether oxygens (including phenoxy) is 1. The van der Waals surface area contributed by atoms with Gasteiger partial charge in [-0.05, 0) is 37.8 Å². The van der Waals surface area contributed by atoms with E-state index >= 15 is 0 Å². The lowest BCUT2D eigenvalue weighted by atomic mass is 10.2. The summed E-state index contributed by atoms with van der Waals surface area (Å²) in [6.45, 7) is 5.97. The van der Waals surface area contributed by atoms with E-state index in [0.717, 1.165) is 51.9 Å². The number of nitrogens with zero attached hydrogens (tertiary/aromatic N) is 3. The quantitative estimate of drug-likeness (QED) is 0.779. The fourth-order valence-corrected chi connectivity index (χ4v) is 6.69. The molecule has 0 spiro atoms. The van der Waals surface area contributed by atoms with E-state index in [1.54, 1.807) is 8.61 Å². The van der Waals surface area contributed by atoms with E-state index < -0.39 is 10.2 Å². The molecule has 4 heterocycles. The standard InChI is InChI=1S/C17H27N3O3S2/c21-25(22,19-7-1-2-8-19)20-11-9-18(10-12-20)14-15-5-6-17(24-15)16-4-3-13-23-16/h5-6,16H,1-4,7-14H2/t16-/m0/s1. The molecule has 0 N–H and O–H groups in total. The third kappa shape index (κ3) is 3.94. The average molecular weight is 386 g/mol. The van der Waals surface area contributed by atoms with Crippen molar-refractivity contribution in [3.05, 3.63) is 21.9 Å². The van der Waals surface area contributed by atoms with Gasteiger partial charge in [-0.3, -0.25) is 4.90 Å². The first-order valence-corrected chi connectivity index (χ1v) is 11.5. The third-order valence-electron chi connectivity index (χ3n) is 5.36. The summed E-state index contributed by atoms with van der Waals surface area (Å²) in [5, 5.41) is 0. The van der Waals surface area contributed by atoms with Crippen LogP contribution in [0.1, 0.15) is 41.5 Å². The first-order valence-electron chi connectivity index (χ1n) is 9.31. The monoisotopic (exact) mass is 385 g/mol. The van der Waals surface area contributed by atoms with Crippen molar-refractivity contribution in [3.63, 3.8) is 0 Å². The molecule has 3 fully saturated rings. The maximum Gasteiger partial charge on any atom is 0.282 e. The van der Waals surface area contributed by atoms with Crippen LogP contribution in [-0.2, 0) is 21.5 Å². The number of piperazine rings is 1. The van der Waals surface area contributed by atoms with E-state index in [-0.39, 0.29) is 0 Å². The van der Waals surface area contributed by atoms with Crippen LogP contribution in [0.25, 0.3) is 0 Å². The average Bonchev–Trinajstić information content (AvgIpc) is 3.37. The number of thiophene rings is 1. The minimum Gasteiger partial charge on any atom is -0.373 e. The minimum atomic E-state index is -3.24. The lowest BCUT2D eigenvalue weighted by Gasteiger charge is -2.35. The zero-order valence-electron chi connectivity index (χ0n) is 14.6. The summed E-state index contributed by atoms with van der Waals surface area (Å²) >= 11 is 1.84. The van der Waals surface area contributed by atoms with Gasteiger partial charge in [0.2, 0.25) is 0 Å². The minimum absolute atomic E-state index is 0.293. The van der Waals surface area contributed by atoms with Crippen LogP contribution in [0, 0.1) is 0 Å². The molecule has 0 unspecified atom stereocenters. The molecule has 3 saturated heterocycles. The van der Waals surface area contributed by atoms with E-state index in [2.05, 4.69) is 17.0 Å². The molecule has 0 amide bonds. The van der Waals surface area contributed by atoms with Gasteiger partial charge in [-0.2, -0.15) is 17.0 Å². The lowest BCUT2D eigenvalue weighted by Crippen LogP contribution is -2.52. The summed E-state index contributed by atoms with van der Waals surface area (Å²) in [6, 6.07) is 4.40. The molecule has 1 aromatic rings. The smallest absolute Gasteiger partial charge is 0.282 e. The highest BCUT2D eigenvalue weighted by Crippen LogP contribution is 2.33. The van der Waals surface area contributed by atoms with Crippen molar-refractivity contribution in [2.45, 2.75) is 38.3 Å². The maximum atomic E-state index is 12.6. The Balaban J connectivity index is 1.30. The molecule has 8 heteroatoms. The molecule has 3 aliphatic rings. The van der Waals surface area contributed by atoms with Crippen molar-refractivity contribution < 1.29 is 13.2 Å². The Morgan fingerprint density at radius 1 is 1.00 bits per heavy atom. The lowest BCUT2D eigenvalue weighted by molar-refractivity contribution is 0.114. The number of rotatable bonds is 5. The molecule has 25 heavy (non-hydrogen) atoms. The van der Waals surface area contributed by atoms with E-state index in [9.17, 15) is 8.42 Å². The van der Waals surface area contributed by atoms with Gasteiger partial charge in [0, 0.05) is 62.2 Å². The van der Waals surface area contributed by atoms with Crippen LogP contribution in [0.15, 0.2) is 12.1 Å². The molecule has 0 aromatic carbocycles. The van der Waals surface area contributed by atoms with Crippen LogP contribution in [-0.4, -0.2) is 67.8 Å². The van der Waals surface area contributed by atoms with Gasteiger partial charge in [-0.1, -0.05) is 0 Å². The van der Waals surface area contributed by atoms with Crippen LogP contribution < -0.4 is 0 Å².